The van der Waals surface area contributed by atoms with Crippen LogP contribution in [0.4, 0.5) is 11.4 Å². The average molecular weight is 280 g/mol. The van der Waals surface area contributed by atoms with Gasteiger partial charge >= 0.3 is 0 Å². The number of rotatable bonds is 2. The van der Waals surface area contributed by atoms with E-state index < -0.39 is 0 Å². The molecule has 2 heteroatoms. The van der Waals surface area contributed by atoms with Gasteiger partial charge in [0.15, 0.2) is 0 Å². The minimum atomic E-state index is 0.980. The minimum Gasteiger partial charge on any atom is -0.352 e. The lowest BCUT2D eigenvalue weighted by atomic mass is 10.0. The van der Waals surface area contributed by atoms with Gasteiger partial charge in [0.25, 0.3) is 0 Å². The molecule has 2 aromatic rings. The van der Waals surface area contributed by atoms with Crippen molar-refractivity contribution in [3.63, 3.8) is 0 Å². The van der Waals surface area contributed by atoms with Crippen LogP contribution in [0.25, 0.3) is 0 Å². The summed E-state index contributed by atoms with van der Waals surface area (Å²) >= 11 is 0. The van der Waals surface area contributed by atoms with Gasteiger partial charge in [-0.3, -0.25) is 0 Å². The van der Waals surface area contributed by atoms with Crippen LogP contribution in [0.15, 0.2) is 36.4 Å². The van der Waals surface area contributed by atoms with Crippen molar-refractivity contribution in [2.45, 2.75) is 27.7 Å². The van der Waals surface area contributed by atoms with Crippen molar-refractivity contribution < 1.29 is 0 Å². The molecule has 0 aliphatic carbocycles. The van der Waals surface area contributed by atoms with E-state index in [0.29, 0.717) is 0 Å². The van der Waals surface area contributed by atoms with Crippen molar-refractivity contribution in [2.75, 3.05) is 29.6 Å². The minimum absolute atomic E-state index is 0.980. The third kappa shape index (κ3) is 2.76. The fourth-order valence-corrected chi connectivity index (χ4v) is 3.41. The Kier molecular flexibility index (Phi) is 3.62. The molecule has 1 fully saturated rings. The summed E-state index contributed by atoms with van der Waals surface area (Å²) in [5, 5.41) is 0. The Morgan fingerprint density at radius 3 is 1.90 bits per heavy atom. The van der Waals surface area contributed by atoms with E-state index in [1.165, 1.54) is 33.6 Å². The number of benzene rings is 2. The highest BCUT2D eigenvalue weighted by Crippen LogP contribution is 2.29. The Morgan fingerprint density at radius 2 is 1.29 bits per heavy atom. The molecule has 21 heavy (non-hydrogen) atoms. The van der Waals surface area contributed by atoms with E-state index in [1.54, 1.807) is 0 Å². The SMILES string of the molecule is Cc1ccc(N2CCN(c3c(C)cc(C)cc3C)C2)cc1. The molecule has 2 nitrogen and oxygen atoms in total. The van der Waals surface area contributed by atoms with Crippen LogP contribution >= 0.6 is 0 Å². The highest BCUT2D eigenvalue weighted by Gasteiger charge is 2.22. The molecule has 0 aromatic heterocycles. The lowest BCUT2D eigenvalue weighted by Crippen LogP contribution is -2.26. The van der Waals surface area contributed by atoms with Crippen molar-refractivity contribution in [1.29, 1.82) is 0 Å². The van der Waals surface area contributed by atoms with Crippen LogP contribution in [0.1, 0.15) is 22.3 Å². The van der Waals surface area contributed by atoms with Crippen LogP contribution in [-0.2, 0) is 0 Å². The molecule has 1 aliphatic heterocycles. The molecule has 1 heterocycles. The zero-order valence-corrected chi connectivity index (χ0v) is 13.5. The standard InChI is InChI=1S/C19H24N2/c1-14-5-7-18(8-6-14)20-9-10-21(13-20)19-16(3)11-15(2)12-17(19)4/h5-8,11-12H,9-10,13H2,1-4H3. The van der Waals surface area contributed by atoms with Gasteiger partial charge in [0.1, 0.15) is 0 Å². The van der Waals surface area contributed by atoms with Gasteiger partial charge in [0, 0.05) is 24.5 Å². The largest absolute Gasteiger partial charge is 0.352 e. The average Bonchev–Trinajstić information content (AvgIpc) is 2.87. The maximum atomic E-state index is 2.50. The topological polar surface area (TPSA) is 6.48 Å². The molecule has 0 spiro atoms. The predicted octanol–water partition coefficient (Wildman–Crippen LogP) is 4.20. The molecule has 0 radical (unpaired) electrons. The van der Waals surface area contributed by atoms with Gasteiger partial charge < -0.3 is 9.80 Å². The molecule has 1 aliphatic rings. The van der Waals surface area contributed by atoms with Gasteiger partial charge in [-0.2, -0.15) is 0 Å². The summed E-state index contributed by atoms with van der Waals surface area (Å²) in [5.41, 5.74) is 8.18. The first-order chi connectivity index (χ1) is 10.0. The first kappa shape index (κ1) is 14.0. The number of anilines is 2. The second-order valence-electron chi connectivity index (χ2n) is 6.25. The monoisotopic (exact) mass is 280 g/mol. The van der Waals surface area contributed by atoms with E-state index in [9.17, 15) is 0 Å². The highest BCUT2D eigenvalue weighted by molar-refractivity contribution is 5.63. The van der Waals surface area contributed by atoms with Crippen LogP contribution < -0.4 is 9.80 Å². The molecular weight excluding hydrogens is 256 g/mol. The highest BCUT2D eigenvalue weighted by atomic mass is 15.4. The summed E-state index contributed by atoms with van der Waals surface area (Å²) < 4.78 is 0. The molecule has 0 atom stereocenters. The second-order valence-corrected chi connectivity index (χ2v) is 6.25. The summed E-state index contributed by atoms with van der Waals surface area (Å²) in [4.78, 5) is 4.96. The molecule has 0 N–H and O–H groups in total. The molecule has 1 saturated heterocycles. The van der Waals surface area contributed by atoms with E-state index in [2.05, 4.69) is 73.9 Å². The zero-order chi connectivity index (χ0) is 15.0. The molecule has 0 saturated carbocycles. The summed E-state index contributed by atoms with van der Waals surface area (Å²) in [6.07, 6.45) is 0. The van der Waals surface area contributed by atoms with E-state index in [1.807, 2.05) is 0 Å². The Morgan fingerprint density at radius 1 is 0.714 bits per heavy atom. The summed E-state index contributed by atoms with van der Waals surface area (Å²) in [7, 11) is 0. The van der Waals surface area contributed by atoms with Crippen LogP contribution in [0.3, 0.4) is 0 Å². The normalized spacial score (nSPS) is 14.9. The van der Waals surface area contributed by atoms with Gasteiger partial charge in [0.2, 0.25) is 0 Å². The van der Waals surface area contributed by atoms with Crippen LogP contribution in [0.2, 0.25) is 0 Å². The Bertz CT molecular complexity index is 620. The third-order valence-electron chi connectivity index (χ3n) is 4.33. The van der Waals surface area contributed by atoms with E-state index in [0.717, 1.165) is 19.8 Å². The molecule has 110 valence electrons. The van der Waals surface area contributed by atoms with E-state index >= 15 is 0 Å². The maximum absolute atomic E-state index is 2.50. The Hall–Kier alpha value is -1.96. The number of aryl methyl sites for hydroxylation is 4. The van der Waals surface area contributed by atoms with Gasteiger partial charge in [-0.15, -0.1) is 0 Å². The lowest BCUT2D eigenvalue weighted by molar-refractivity contribution is 0.938. The van der Waals surface area contributed by atoms with Gasteiger partial charge in [-0.05, 0) is 51.0 Å². The van der Waals surface area contributed by atoms with Crippen molar-refractivity contribution >= 4 is 11.4 Å². The van der Waals surface area contributed by atoms with Crippen molar-refractivity contribution in [2.24, 2.45) is 0 Å². The third-order valence-corrected chi connectivity index (χ3v) is 4.33. The molecule has 0 bridgehead atoms. The van der Waals surface area contributed by atoms with Crippen molar-refractivity contribution in [3.8, 4) is 0 Å². The summed E-state index contributed by atoms with van der Waals surface area (Å²) in [5.74, 6) is 0. The van der Waals surface area contributed by atoms with E-state index in [4.69, 9.17) is 0 Å². The number of nitrogens with zero attached hydrogens (tertiary/aromatic N) is 2. The van der Waals surface area contributed by atoms with Crippen LogP contribution in [0, 0.1) is 27.7 Å². The molecule has 0 amide bonds. The molecular formula is C19H24N2. The van der Waals surface area contributed by atoms with Crippen molar-refractivity contribution in [1.82, 2.24) is 0 Å². The Labute approximate surface area is 128 Å². The quantitative estimate of drug-likeness (QED) is 0.813. The lowest BCUT2D eigenvalue weighted by Gasteiger charge is -2.25. The predicted molar refractivity (Wildman–Crippen MR) is 91.4 cm³/mol. The number of hydrogen-bond donors (Lipinski definition) is 0. The van der Waals surface area contributed by atoms with Gasteiger partial charge in [0.05, 0.1) is 6.67 Å². The molecule has 3 rings (SSSR count). The summed E-state index contributed by atoms with van der Waals surface area (Å²) in [6.45, 7) is 11.9. The van der Waals surface area contributed by atoms with Crippen molar-refractivity contribution in [3.05, 3.63) is 58.7 Å². The fourth-order valence-electron chi connectivity index (χ4n) is 3.41. The van der Waals surface area contributed by atoms with Crippen LogP contribution in [-0.4, -0.2) is 19.8 Å². The number of hydrogen-bond acceptors (Lipinski definition) is 2. The van der Waals surface area contributed by atoms with Gasteiger partial charge in [-0.25, -0.2) is 0 Å². The maximum Gasteiger partial charge on any atom is 0.0904 e. The zero-order valence-electron chi connectivity index (χ0n) is 13.5. The fraction of sp³-hybridized carbons (Fsp3) is 0.368. The van der Waals surface area contributed by atoms with Crippen LogP contribution in [0.5, 0.6) is 0 Å². The molecule has 2 aromatic carbocycles. The first-order valence-electron chi connectivity index (χ1n) is 7.69. The smallest absolute Gasteiger partial charge is 0.0904 e. The summed E-state index contributed by atoms with van der Waals surface area (Å²) in [6, 6.07) is 13.4. The van der Waals surface area contributed by atoms with Gasteiger partial charge in [-0.1, -0.05) is 35.4 Å². The van der Waals surface area contributed by atoms with E-state index in [-0.39, 0.29) is 0 Å². The Balaban J connectivity index is 1.83. The second kappa shape index (κ2) is 5.44. The first-order valence-corrected chi connectivity index (χ1v) is 7.69. The molecule has 0 unspecified atom stereocenters.